The highest BCUT2D eigenvalue weighted by atomic mass is 19.1. The molecule has 0 unspecified atom stereocenters. The lowest BCUT2D eigenvalue weighted by molar-refractivity contribution is 0.101. The van der Waals surface area contributed by atoms with Gasteiger partial charge < -0.3 is 18.8 Å². The fraction of sp³-hybridized carbons (Fsp3) is 0.148. The molecule has 1 aromatic heterocycles. The summed E-state index contributed by atoms with van der Waals surface area (Å²) in [5.74, 6) is 1.49. The van der Waals surface area contributed by atoms with E-state index in [0.29, 0.717) is 28.2 Å². The average molecular weight is 443 g/mol. The van der Waals surface area contributed by atoms with Crippen LogP contribution in [0.4, 0.5) is 4.39 Å². The van der Waals surface area contributed by atoms with E-state index in [9.17, 15) is 9.18 Å². The predicted molar refractivity (Wildman–Crippen MR) is 124 cm³/mol. The molecular weight excluding hydrogens is 421 g/mol. The van der Waals surface area contributed by atoms with E-state index in [-0.39, 0.29) is 24.0 Å². The van der Waals surface area contributed by atoms with Gasteiger partial charge in [0.15, 0.2) is 5.76 Å². The Kier molecular flexibility index (Phi) is 5.13. The number of allylic oxidation sites excluding steroid dienone is 1. The number of rotatable bonds is 5. The van der Waals surface area contributed by atoms with Crippen LogP contribution in [0.15, 0.2) is 66.6 Å². The SMILES string of the molecule is COc1ccc2c(c1)c(C=C1Oc3c(ccc(OCc4ccccc4F)c3C)C1=O)cn2C. The number of fused-ring (bicyclic) bond motifs is 2. The van der Waals surface area contributed by atoms with Crippen LogP contribution in [0.2, 0.25) is 0 Å². The lowest BCUT2D eigenvalue weighted by atomic mass is 10.1. The molecule has 0 radical (unpaired) electrons. The van der Waals surface area contributed by atoms with Crippen molar-refractivity contribution in [2.24, 2.45) is 7.05 Å². The van der Waals surface area contributed by atoms with Crippen molar-refractivity contribution in [3.8, 4) is 17.2 Å². The first-order valence-electron chi connectivity index (χ1n) is 10.5. The molecule has 4 aromatic rings. The van der Waals surface area contributed by atoms with E-state index >= 15 is 0 Å². The van der Waals surface area contributed by atoms with Crippen LogP contribution in [0.25, 0.3) is 17.0 Å². The van der Waals surface area contributed by atoms with E-state index in [1.54, 1.807) is 43.5 Å². The number of ketones is 1. The standard InChI is InChI=1S/C27H22FNO4/c1-16-24(32-15-17-6-4-5-7-22(17)28)11-9-20-26(30)25(33-27(16)20)12-18-14-29(2)23-10-8-19(31-3)13-21(18)23/h4-14H,15H2,1-3H3. The normalized spacial score (nSPS) is 13.9. The molecule has 166 valence electrons. The van der Waals surface area contributed by atoms with E-state index < -0.39 is 0 Å². The number of carbonyl (C=O) groups excluding carboxylic acids is 1. The maximum atomic E-state index is 13.9. The number of ether oxygens (including phenoxy) is 3. The van der Waals surface area contributed by atoms with Gasteiger partial charge in [0.05, 0.1) is 12.7 Å². The summed E-state index contributed by atoms with van der Waals surface area (Å²) >= 11 is 0. The van der Waals surface area contributed by atoms with Gasteiger partial charge in [0.1, 0.15) is 29.7 Å². The number of carbonyl (C=O) groups is 1. The lowest BCUT2D eigenvalue weighted by Gasteiger charge is -2.12. The Morgan fingerprint density at radius 3 is 2.73 bits per heavy atom. The Morgan fingerprint density at radius 1 is 1.12 bits per heavy atom. The summed E-state index contributed by atoms with van der Waals surface area (Å²) in [4.78, 5) is 13.0. The van der Waals surface area contributed by atoms with E-state index in [0.717, 1.165) is 22.2 Å². The molecule has 0 fully saturated rings. The average Bonchev–Trinajstić information content (AvgIpc) is 3.31. The minimum absolute atomic E-state index is 0.0841. The molecule has 3 aromatic carbocycles. The predicted octanol–water partition coefficient (Wildman–Crippen LogP) is 5.83. The smallest absolute Gasteiger partial charge is 0.231 e. The quantitative estimate of drug-likeness (QED) is 0.364. The fourth-order valence-electron chi connectivity index (χ4n) is 4.08. The van der Waals surface area contributed by atoms with Crippen LogP contribution in [0.5, 0.6) is 17.2 Å². The molecule has 0 atom stereocenters. The molecule has 0 saturated heterocycles. The molecule has 1 aliphatic rings. The Morgan fingerprint density at radius 2 is 1.94 bits per heavy atom. The van der Waals surface area contributed by atoms with Gasteiger partial charge >= 0.3 is 0 Å². The number of aryl methyl sites for hydroxylation is 1. The summed E-state index contributed by atoms with van der Waals surface area (Å²) in [6, 6.07) is 15.7. The molecule has 0 saturated carbocycles. The molecule has 1 aliphatic heterocycles. The van der Waals surface area contributed by atoms with Crippen LogP contribution < -0.4 is 14.2 Å². The second-order valence-electron chi connectivity index (χ2n) is 7.96. The Hall–Kier alpha value is -4.06. The van der Waals surface area contributed by atoms with Crippen LogP contribution >= 0.6 is 0 Å². The molecule has 0 amide bonds. The van der Waals surface area contributed by atoms with Crippen molar-refractivity contribution in [3.63, 3.8) is 0 Å². The molecule has 33 heavy (non-hydrogen) atoms. The summed E-state index contributed by atoms with van der Waals surface area (Å²) < 4.78 is 33.1. The van der Waals surface area contributed by atoms with E-state index in [1.807, 2.05) is 42.9 Å². The highest BCUT2D eigenvalue weighted by Gasteiger charge is 2.30. The number of aromatic nitrogens is 1. The number of benzene rings is 3. The maximum Gasteiger partial charge on any atom is 0.231 e. The van der Waals surface area contributed by atoms with E-state index in [4.69, 9.17) is 14.2 Å². The molecule has 2 heterocycles. The number of methoxy groups -OCH3 is 1. The van der Waals surface area contributed by atoms with Crippen molar-refractivity contribution in [1.82, 2.24) is 4.57 Å². The van der Waals surface area contributed by atoms with Crippen molar-refractivity contribution in [2.75, 3.05) is 7.11 Å². The first kappa shape index (κ1) is 20.8. The summed E-state index contributed by atoms with van der Waals surface area (Å²) in [5, 5.41) is 0.960. The number of hydrogen-bond acceptors (Lipinski definition) is 4. The highest BCUT2D eigenvalue weighted by molar-refractivity contribution is 6.15. The van der Waals surface area contributed by atoms with Gasteiger partial charge in [-0.05, 0) is 49.4 Å². The molecule has 0 bridgehead atoms. The van der Waals surface area contributed by atoms with Gasteiger partial charge in [-0.3, -0.25) is 4.79 Å². The monoisotopic (exact) mass is 443 g/mol. The van der Waals surface area contributed by atoms with Gasteiger partial charge in [-0.1, -0.05) is 18.2 Å². The minimum atomic E-state index is -0.320. The third-order valence-corrected chi connectivity index (χ3v) is 5.89. The Labute approximate surface area is 190 Å². The molecule has 0 spiro atoms. The zero-order valence-electron chi connectivity index (χ0n) is 18.5. The topological polar surface area (TPSA) is 49.7 Å². The molecule has 6 heteroatoms. The number of halogens is 1. The van der Waals surface area contributed by atoms with Crippen molar-refractivity contribution < 1.29 is 23.4 Å². The fourth-order valence-corrected chi connectivity index (χ4v) is 4.08. The van der Waals surface area contributed by atoms with Crippen LogP contribution in [0, 0.1) is 12.7 Å². The number of hydrogen-bond donors (Lipinski definition) is 0. The number of nitrogens with zero attached hydrogens (tertiary/aromatic N) is 1. The van der Waals surface area contributed by atoms with Gasteiger partial charge in [-0.25, -0.2) is 4.39 Å². The molecule has 0 N–H and O–H groups in total. The first-order chi connectivity index (χ1) is 16.0. The van der Waals surface area contributed by atoms with Crippen molar-refractivity contribution in [1.29, 1.82) is 0 Å². The zero-order chi connectivity index (χ0) is 23.1. The minimum Gasteiger partial charge on any atom is -0.497 e. The lowest BCUT2D eigenvalue weighted by Crippen LogP contribution is -2.00. The zero-order valence-corrected chi connectivity index (χ0v) is 18.5. The summed E-state index contributed by atoms with van der Waals surface area (Å²) in [6.45, 7) is 1.91. The molecule has 5 nitrogen and oxygen atoms in total. The second-order valence-corrected chi connectivity index (χ2v) is 7.96. The van der Waals surface area contributed by atoms with E-state index in [2.05, 4.69) is 0 Å². The van der Waals surface area contributed by atoms with Crippen LogP contribution in [0.3, 0.4) is 0 Å². The molecule has 0 aliphatic carbocycles. The van der Waals surface area contributed by atoms with Crippen LogP contribution in [-0.4, -0.2) is 17.5 Å². The van der Waals surface area contributed by atoms with E-state index in [1.165, 1.54) is 6.07 Å². The van der Waals surface area contributed by atoms with Crippen LogP contribution in [0.1, 0.15) is 27.0 Å². The largest absolute Gasteiger partial charge is 0.497 e. The maximum absolute atomic E-state index is 13.9. The second kappa shape index (κ2) is 8.13. The third-order valence-electron chi connectivity index (χ3n) is 5.89. The Balaban J connectivity index is 1.45. The van der Waals surface area contributed by atoms with Crippen LogP contribution in [-0.2, 0) is 13.7 Å². The van der Waals surface area contributed by atoms with Gasteiger partial charge in [-0.2, -0.15) is 0 Å². The van der Waals surface area contributed by atoms with Crippen molar-refractivity contribution >= 4 is 22.8 Å². The number of Topliss-reactive ketones (excluding diaryl/α,β-unsaturated/α-hetero) is 1. The Bertz CT molecular complexity index is 1430. The van der Waals surface area contributed by atoms with Crippen molar-refractivity contribution in [3.05, 3.63) is 94.6 Å². The van der Waals surface area contributed by atoms with Gasteiger partial charge in [-0.15, -0.1) is 0 Å². The summed E-state index contributed by atoms with van der Waals surface area (Å²) in [5.41, 5.74) is 3.51. The van der Waals surface area contributed by atoms with Crippen molar-refractivity contribution in [2.45, 2.75) is 13.5 Å². The van der Waals surface area contributed by atoms with Gasteiger partial charge in [0.25, 0.3) is 0 Å². The van der Waals surface area contributed by atoms with Gasteiger partial charge in [0.2, 0.25) is 5.78 Å². The highest BCUT2D eigenvalue weighted by Crippen LogP contribution is 2.40. The first-order valence-corrected chi connectivity index (χ1v) is 10.5. The summed E-state index contributed by atoms with van der Waals surface area (Å²) in [7, 11) is 3.57. The third kappa shape index (κ3) is 3.63. The molecular formula is C27H22FNO4. The summed E-state index contributed by atoms with van der Waals surface area (Å²) in [6.07, 6.45) is 3.70. The van der Waals surface area contributed by atoms with Gasteiger partial charge in [0, 0.05) is 40.8 Å². The molecule has 5 rings (SSSR count).